The third kappa shape index (κ3) is 2.68. The van der Waals surface area contributed by atoms with Gasteiger partial charge in [-0.15, -0.1) is 0 Å². The second-order valence-corrected chi connectivity index (χ2v) is 4.21. The van der Waals surface area contributed by atoms with Crippen LogP contribution in [0.15, 0.2) is 0 Å². The number of morpholine rings is 1. The molecule has 2 unspecified atom stereocenters. The van der Waals surface area contributed by atoms with Gasteiger partial charge in [0.1, 0.15) is 0 Å². The Morgan fingerprint density at radius 3 is 2.60 bits per heavy atom. The Balaban J connectivity index is 1.84. The van der Waals surface area contributed by atoms with Crippen molar-refractivity contribution in [1.29, 1.82) is 0 Å². The summed E-state index contributed by atoms with van der Waals surface area (Å²) in [4.78, 5) is 13.9. The van der Waals surface area contributed by atoms with E-state index in [0.717, 1.165) is 26.2 Å². The molecule has 2 rings (SSSR count). The van der Waals surface area contributed by atoms with Crippen LogP contribution in [0.2, 0.25) is 0 Å². The highest BCUT2D eigenvalue weighted by atomic mass is 16.5. The number of nitrogens with zero attached hydrogens (tertiary/aromatic N) is 1. The molecular weight excluding hydrogens is 194 g/mol. The van der Waals surface area contributed by atoms with Crippen molar-refractivity contribution in [2.24, 2.45) is 0 Å². The van der Waals surface area contributed by atoms with Crippen molar-refractivity contribution in [1.82, 2.24) is 15.5 Å². The summed E-state index contributed by atoms with van der Waals surface area (Å²) in [6.45, 7) is 6.50. The molecule has 2 saturated heterocycles. The standard InChI is InChI=1S/C10H19N3O2/c1-8-6-12-9(7-11-8)10(14)13-2-4-15-5-3-13/h8-9,11-12H,2-7H2,1H3. The summed E-state index contributed by atoms with van der Waals surface area (Å²) >= 11 is 0. The van der Waals surface area contributed by atoms with E-state index in [1.54, 1.807) is 0 Å². The lowest BCUT2D eigenvalue weighted by Gasteiger charge is -2.34. The van der Waals surface area contributed by atoms with E-state index in [4.69, 9.17) is 4.74 Å². The summed E-state index contributed by atoms with van der Waals surface area (Å²) < 4.78 is 5.22. The Labute approximate surface area is 90.1 Å². The summed E-state index contributed by atoms with van der Waals surface area (Å²) in [5, 5.41) is 6.58. The molecule has 0 radical (unpaired) electrons. The molecule has 5 nitrogen and oxygen atoms in total. The highest BCUT2D eigenvalue weighted by Gasteiger charge is 2.28. The number of amides is 1. The van der Waals surface area contributed by atoms with Crippen LogP contribution in [0.25, 0.3) is 0 Å². The molecule has 1 amide bonds. The van der Waals surface area contributed by atoms with Crippen LogP contribution in [-0.2, 0) is 9.53 Å². The van der Waals surface area contributed by atoms with Gasteiger partial charge in [-0.2, -0.15) is 0 Å². The van der Waals surface area contributed by atoms with Gasteiger partial charge < -0.3 is 20.3 Å². The van der Waals surface area contributed by atoms with Crippen LogP contribution in [0, 0.1) is 0 Å². The van der Waals surface area contributed by atoms with Crippen LogP contribution in [0.4, 0.5) is 0 Å². The second-order valence-electron chi connectivity index (χ2n) is 4.21. The maximum absolute atomic E-state index is 12.0. The van der Waals surface area contributed by atoms with Crippen molar-refractivity contribution in [3.05, 3.63) is 0 Å². The van der Waals surface area contributed by atoms with Crippen molar-refractivity contribution in [3.63, 3.8) is 0 Å². The largest absolute Gasteiger partial charge is 0.378 e. The third-order valence-corrected chi connectivity index (χ3v) is 2.96. The number of nitrogens with one attached hydrogen (secondary N) is 2. The summed E-state index contributed by atoms with van der Waals surface area (Å²) in [5.74, 6) is 0.206. The quantitative estimate of drug-likeness (QED) is 0.574. The average molecular weight is 213 g/mol. The first-order valence-corrected chi connectivity index (χ1v) is 5.60. The SMILES string of the molecule is CC1CNC(C(=O)N2CCOCC2)CN1. The summed E-state index contributed by atoms with van der Waals surface area (Å²) in [5.41, 5.74) is 0. The smallest absolute Gasteiger partial charge is 0.241 e. The Kier molecular flexibility index (Phi) is 3.56. The molecule has 0 saturated carbocycles. The highest BCUT2D eigenvalue weighted by molar-refractivity contribution is 5.82. The number of hydrogen-bond donors (Lipinski definition) is 2. The number of carbonyl (C=O) groups excluding carboxylic acids is 1. The van der Waals surface area contributed by atoms with E-state index < -0.39 is 0 Å². The minimum atomic E-state index is -0.0562. The molecule has 2 fully saturated rings. The Hall–Kier alpha value is -0.650. The fourth-order valence-electron chi connectivity index (χ4n) is 1.96. The summed E-state index contributed by atoms with van der Waals surface area (Å²) in [7, 11) is 0. The van der Waals surface area contributed by atoms with E-state index in [2.05, 4.69) is 17.6 Å². The molecule has 0 aromatic rings. The molecule has 5 heteroatoms. The normalized spacial score (nSPS) is 32.7. The summed E-state index contributed by atoms with van der Waals surface area (Å²) in [6, 6.07) is 0.401. The molecule has 0 aromatic carbocycles. The molecule has 0 spiro atoms. The summed E-state index contributed by atoms with van der Waals surface area (Å²) in [6.07, 6.45) is 0. The fourth-order valence-corrected chi connectivity index (χ4v) is 1.96. The molecule has 2 atom stereocenters. The van der Waals surface area contributed by atoms with Gasteiger partial charge in [0.15, 0.2) is 0 Å². The number of piperazine rings is 1. The van der Waals surface area contributed by atoms with Gasteiger partial charge in [-0.05, 0) is 6.92 Å². The lowest BCUT2D eigenvalue weighted by Crippen LogP contribution is -2.60. The maximum Gasteiger partial charge on any atom is 0.241 e. The van der Waals surface area contributed by atoms with Crippen LogP contribution in [-0.4, -0.2) is 62.3 Å². The van der Waals surface area contributed by atoms with Crippen molar-refractivity contribution >= 4 is 5.91 Å². The van der Waals surface area contributed by atoms with Gasteiger partial charge in [0.2, 0.25) is 5.91 Å². The van der Waals surface area contributed by atoms with Crippen LogP contribution in [0.1, 0.15) is 6.92 Å². The molecule has 15 heavy (non-hydrogen) atoms. The predicted molar refractivity (Wildman–Crippen MR) is 56.7 cm³/mol. The van der Waals surface area contributed by atoms with Gasteiger partial charge in [0.25, 0.3) is 0 Å². The molecule has 0 bridgehead atoms. The van der Waals surface area contributed by atoms with Crippen molar-refractivity contribution in [3.8, 4) is 0 Å². The first kappa shape index (κ1) is 10.9. The molecule has 2 N–H and O–H groups in total. The lowest BCUT2D eigenvalue weighted by molar-refractivity contribution is -0.137. The van der Waals surface area contributed by atoms with Gasteiger partial charge in [-0.3, -0.25) is 4.79 Å². The van der Waals surface area contributed by atoms with E-state index in [9.17, 15) is 4.79 Å². The van der Waals surface area contributed by atoms with Gasteiger partial charge in [0, 0.05) is 32.2 Å². The van der Waals surface area contributed by atoms with E-state index in [1.807, 2.05) is 4.90 Å². The van der Waals surface area contributed by atoms with Crippen LogP contribution in [0.5, 0.6) is 0 Å². The number of carbonyl (C=O) groups is 1. The van der Waals surface area contributed by atoms with E-state index in [-0.39, 0.29) is 11.9 Å². The van der Waals surface area contributed by atoms with Gasteiger partial charge in [0.05, 0.1) is 19.3 Å². The van der Waals surface area contributed by atoms with Crippen LogP contribution in [0.3, 0.4) is 0 Å². The predicted octanol–water partition coefficient (Wildman–Crippen LogP) is -1.20. The highest BCUT2D eigenvalue weighted by Crippen LogP contribution is 2.02. The van der Waals surface area contributed by atoms with E-state index >= 15 is 0 Å². The van der Waals surface area contributed by atoms with Crippen molar-refractivity contribution < 1.29 is 9.53 Å². The number of hydrogen-bond acceptors (Lipinski definition) is 4. The minimum Gasteiger partial charge on any atom is -0.378 e. The Bertz CT molecular complexity index is 221. The van der Waals surface area contributed by atoms with Crippen LogP contribution < -0.4 is 10.6 Å². The molecule has 86 valence electrons. The third-order valence-electron chi connectivity index (χ3n) is 2.96. The van der Waals surface area contributed by atoms with Gasteiger partial charge in [-0.1, -0.05) is 0 Å². The fraction of sp³-hybridized carbons (Fsp3) is 0.900. The maximum atomic E-state index is 12.0. The molecule has 0 aromatic heterocycles. The Morgan fingerprint density at radius 2 is 2.00 bits per heavy atom. The first-order chi connectivity index (χ1) is 7.27. The van der Waals surface area contributed by atoms with Crippen molar-refractivity contribution in [2.45, 2.75) is 19.0 Å². The molecule has 2 heterocycles. The van der Waals surface area contributed by atoms with Gasteiger partial charge >= 0.3 is 0 Å². The zero-order valence-corrected chi connectivity index (χ0v) is 9.16. The molecule has 0 aliphatic carbocycles. The molecular formula is C10H19N3O2. The van der Waals surface area contributed by atoms with E-state index in [0.29, 0.717) is 19.3 Å². The Morgan fingerprint density at radius 1 is 1.27 bits per heavy atom. The zero-order valence-electron chi connectivity index (χ0n) is 9.16. The van der Waals surface area contributed by atoms with Gasteiger partial charge in [-0.25, -0.2) is 0 Å². The minimum absolute atomic E-state index is 0.0562. The average Bonchev–Trinajstić information content (AvgIpc) is 2.30. The number of rotatable bonds is 1. The molecule has 2 aliphatic heterocycles. The molecule has 2 aliphatic rings. The zero-order chi connectivity index (χ0) is 10.7. The van der Waals surface area contributed by atoms with E-state index in [1.165, 1.54) is 0 Å². The van der Waals surface area contributed by atoms with Crippen LogP contribution >= 0.6 is 0 Å². The second kappa shape index (κ2) is 4.92. The lowest BCUT2D eigenvalue weighted by atomic mass is 10.1. The van der Waals surface area contributed by atoms with Crippen molar-refractivity contribution in [2.75, 3.05) is 39.4 Å². The first-order valence-electron chi connectivity index (χ1n) is 5.60. The monoisotopic (exact) mass is 213 g/mol. The number of ether oxygens (including phenoxy) is 1. The topological polar surface area (TPSA) is 53.6 Å².